The van der Waals surface area contributed by atoms with E-state index in [1.807, 2.05) is 31.2 Å². The lowest BCUT2D eigenvalue weighted by Crippen LogP contribution is -2.17. The van der Waals surface area contributed by atoms with Crippen molar-refractivity contribution in [1.29, 1.82) is 0 Å². The summed E-state index contributed by atoms with van der Waals surface area (Å²) in [5.41, 5.74) is 1.84. The van der Waals surface area contributed by atoms with Gasteiger partial charge in [0.2, 0.25) is 0 Å². The molecule has 0 aromatic heterocycles. The van der Waals surface area contributed by atoms with Crippen LogP contribution in [-0.4, -0.2) is 11.6 Å². The Kier molecular flexibility index (Phi) is 3.56. The molecule has 1 aromatic rings. The Morgan fingerprint density at radius 2 is 1.80 bits per heavy atom. The highest BCUT2D eigenvalue weighted by molar-refractivity contribution is 6.11. The normalized spacial score (nSPS) is 11.9. The lowest BCUT2D eigenvalue weighted by Gasteiger charge is -2.10. The topological polar surface area (TPSA) is 34.1 Å². The van der Waals surface area contributed by atoms with Gasteiger partial charge in [-0.05, 0) is 25.5 Å². The van der Waals surface area contributed by atoms with E-state index >= 15 is 0 Å². The molecule has 15 heavy (non-hydrogen) atoms. The number of carbonyl (C=O) groups is 2. The first-order chi connectivity index (χ1) is 7.06. The van der Waals surface area contributed by atoms with Gasteiger partial charge in [0.15, 0.2) is 5.78 Å². The zero-order valence-corrected chi connectivity index (χ0v) is 8.99. The number of carbonyl (C=O) groups excluding carboxylic acids is 2. The number of hydrogen-bond donors (Lipinski definition) is 0. The molecule has 0 aliphatic heterocycles. The highest BCUT2D eigenvalue weighted by atomic mass is 16.1. The summed E-state index contributed by atoms with van der Waals surface area (Å²) in [4.78, 5) is 22.9. The summed E-state index contributed by atoms with van der Waals surface area (Å²) in [5.74, 6) is -1.08. The Bertz CT molecular complexity index is 388. The van der Waals surface area contributed by atoms with Crippen LogP contribution >= 0.6 is 0 Å². The van der Waals surface area contributed by atoms with Crippen molar-refractivity contribution in [1.82, 2.24) is 0 Å². The van der Waals surface area contributed by atoms with E-state index in [1.54, 1.807) is 0 Å². The van der Waals surface area contributed by atoms with E-state index in [9.17, 15) is 9.59 Å². The van der Waals surface area contributed by atoms with Crippen LogP contribution in [-0.2, 0) is 9.59 Å². The fourth-order valence-corrected chi connectivity index (χ4v) is 1.48. The van der Waals surface area contributed by atoms with Crippen LogP contribution in [0.2, 0.25) is 0 Å². The maximum atomic E-state index is 11.5. The molecule has 2 heteroatoms. The average molecular weight is 202 g/mol. The van der Waals surface area contributed by atoms with Crippen LogP contribution in [0, 0.1) is 6.92 Å². The maximum absolute atomic E-state index is 11.5. The van der Waals surface area contributed by atoms with Crippen LogP contribution in [0.5, 0.6) is 0 Å². The quantitative estimate of drug-likeness (QED) is 0.555. The predicted octanol–water partition coefficient (Wildman–Crippen LogP) is 2.42. The van der Waals surface area contributed by atoms with Gasteiger partial charge in [-0.3, -0.25) is 9.59 Å². The van der Waals surface area contributed by atoms with Gasteiger partial charge in [-0.1, -0.05) is 36.4 Å². The molecule has 1 atom stereocenters. The number of benzene rings is 1. The van der Waals surface area contributed by atoms with Crippen LogP contribution in [0.3, 0.4) is 0 Å². The zero-order valence-electron chi connectivity index (χ0n) is 8.99. The van der Waals surface area contributed by atoms with E-state index in [0.717, 1.165) is 11.1 Å². The fraction of sp³-hybridized carbons (Fsp3) is 0.231. The van der Waals surface area contributed by atoms with Gasteiger partial charge >= 0.3 is 0 Å². The monoisotopic (exact) mass is 202 g/mol. The van der Waals surface area contributed by atoms with E-state index in [1.165, 1.54) is 13.0 Å². The van der Waals surface area contributed by atoms with Crippen molar-refractivity contribution >= 4 is 11.6 Å². The lowest BCUT2D eigenvalue weighted by atomic mass is 9.91. The van der Waals surface area contributed by atoms with Gasteiger partial charge in [-0.25, -0.2) is 0 Å². The first-order valence-electron chi connectivity index (χ1n) is 4.79. The predicted molar refractivity (Wildman–Crippen MR) is 59.8 cm³/mol. The number of ketones is 2. The number of allylic oxidation sites excluding steroid dienone is 1. The Labute approximate surface area is 89.6 Å². The summed E-state index contributed by atoms with van der Waals surface area (Å²) in [6.07, 6.45) is 1.20. The molecule has 78 valence electrons. The van der Waals surface area contributed by atoms with Gasteiger partial charge in [0.25, 0.3) is 0 Å². The molecule has 1 unspecified atom stereocenters. The summed E-state index contributed by atoms with van der Waals surface area (Å²) < 4.78 is 0. The highest BCUT2D eigenvalue weighted by Crippen LogP contribution is 2.19. The van der Waals surface area contributed by atoms with Crippen molar-refractivity contribution in [2.24, 2.45) is 0 Å². The van der Waals surface area contributed by atoms with Gasteiger partial charge in [0.1, 0.15) is 11.7 Å². The minimum Gasteiger partial charge on any atom is -0.299 e. The van der Waals surface area contributed by atoms with Crippen molar-refractivity contribution in [3.63, 3.8) is 0 Å². The van der Waals surface area contributed by atoms with E-state index in [0.29, 0.717) is 0 Å². The smallest absolute Gasteiger partial charge is 0.169 e. The summed E-state index contributed by atoms with van der Waals surface area (Å²) >= 11 is 0. The first-order valence-corrected chi connectivity index (χ1v) is 4.79. The molecular weight excluding hydrogens is 188 g/mol. The molecule has 0 aliphatic rings. The minimum absolute atomic E-state index is 0.149. The maximum Gasteiger partial charge on any atom is 0.169 e. The number of hydrogen-bond acceptors (Lipinski definition) is 2. The SMILES string of the molecule is C=CC(=O)C(C(C)=O)c1ccc(C)cc1. The molecule has 0 heterocycles. The summed E-state index contributed by atoms with van der Waals surface area (Å²) in [5, 5.41) is 0. The summed E-state index contributed by atoms with van der Waals surface area (Å²) in [7, 11) is 0. The zero-order chi connectivity index (χ0) is 11.4. The molecular formula is C13H14O2. The Hall–Kier alpha value is -1.70. The van der Waals surface area contributed by atoms with Gasteiger partial charge in [-0.2, -0.15) is 0 Å². The standard InChI is InChI=1S/C13H14O2/c1-4-12(15)13(10(3)14)11-7-5-9(2)6-8-11/h4-8,13H,1H2,2-3H3. The number of Topliss-reactive ketones (excluding diaryl/α,β-unsaturated/α-hetero) is 1. The second-order valence-electron chi connectivity index (χ2n) is 3.56. The lowest BCUT2D eigenvalue weighted by molar-refractivity contribution is -0.125. The largest absolute Gasteiger partial charge is 0.299 e. The van der Waals surface area contributed by atoms with Crippen LogP contribution in [0.1, 0.15) is 24.0 Å². The van der Waals surface area contributed by atoms with Crippen molar-refractivity contribution in [2.75, 3.05) is 0 Å². The third-order valence-corrected chi connectivity index (χ3v) is 2.30. The third kappa shape index (κ3) is 2.62. The average Bonchev–Trinajstić information content (AvgIpc) is 2.20. The molecule has 1 rings (SSSR count). The third-order valence-electron chi connectivity index (χ3n) is 2.30. The Morgan fingerprint density at radius 3 is 2.20 bits per heavy atom. The van der Waals surface area contributed by atoms with Gasteiger partial charge in [-0.15, -0.1) is 0 Å². The molecule has 0 saturated carbocycles. The Balaban J connectivity index is 3.10. The van der Waals surface area contributed by atoms with Gasteiger partial charge < -0.3 is 0 Å². The van der Waals surface area contributed by atoms with Crippen LogP contribution in [0.4, 0.5) is 0 Å². The first kappa shape index (κ1) is 11.4. The minimum atomic E-state index is -0.692. The van der Waals surface area contributed by atoms with E-state index < -0.39 is 5.92 Å². The fourth-order valence-electron chi connectivity index (χ4n) is 1.48. The summed E-state index contributed by atoms with van der Waals surface area (Å²) in [6, 6.07) is 7.40. The number of aryl methyl sites for hydroxylation is 1. The Morgan fingerprint density at radius 1 is 1.27 bits per heavy atom. The van der Waals surface area contributed by atoms with Crippen LogP contribution < -0.4 is 0 Å². The molecule has 0 bridgehead atoms. The van der Waals surface area contributed by atoms with E-state index in [-0.39, 0.29) is 11.6 Å². The second kappa shape index (κ2) is 4.69. The van der Waals surface area contributed by atoms with Crippen LogP contribution in [0.25, 0.3) is 0 Å². The molecule has 0 amide bonds. The van der Waals surface area contributed by atoms with Gasteiger partial charge in [0.05, 0.1) is 0 Å². The molecule has 0 spiro atoms. The van der Waals surface area contributed by atoms with E-state index in [4.69, 9.17) is 0 Å². The summed E-state index contributed by atoms with van der Waals surface area (Å²) in [6.45, 7) is 6.79. The second-order valence-corrected chi connectivity index (χ2v) is 3.56. The van der Waals surface area contributed by atoms with Gasteiger partial charge in [0, 0.05) is 0 Å². The van der Waals surface area contributed by atoms with E-state index in [2.05, 4.69) is 6.58 Å². The molecule has 1 aromatic carbocycles. The molecule has 0 fully saturated rings. The number of rotatable bonds is 4. The van der Waals surface area contributed by atoms with Crippen molar-refractivity contribution in [2.45, 2.75) is 19.8 Å². The molecule has 0 saturated heterocycles. The molecule has 0 N–H and O–H groups in total. The highest BCUT2D eigenvalue weighted by Gasteiger charge is 2.22. The molecule has 2 nitrogen and oxygen atoms in total. The van der Waals surface area contributed by atoms with Crippen molar-refractivity contribution in [3.05, 3.63) is 48.0 Å². The van der Waals surface area contributed by atoms with Crippen molar-refractivity contribution < 1.29 is 9.59 Å². The van der Waals surface area contributed by atoms with Crippen molar-refractivity contribution in [3.8, 4) is 0 Å². The molecule has 0 aliphatic carbocycles. The van der Waals surface area contributed by atoms with Crippen LogP contribution in [0.15, 0.2) is 36.9 Å². The molecule has 0 radical (unpaired) electrons.